The first-order chi connectivity index (χ1) is 25.7. The third-order valence-corrected chi connectivity index (χ3v) is 9.50. The molecule has 0 aliphatic carbocycles. The minimum atomic E-state index is -1.36. The van der Waals surface area contributed by atoms with Crippen molar-refractivity contribution in [2.75, 3.05) is 23.7 Å². The Bertz CT molecular complexity index is 2010. The summed E-state index contributed by atoms with van der Waals surface area (Å²) in [7, 11) is 0. The van der Waals surface area contributed by atoms with E-state index in [-0.39, 0.29) is 24.1 Å². The molecule has 10 heteroatoms. The van der Waals surface area contributed by atoms with Gasteiger partial charge in [0.2, 0.25) is 17.7 Å². The predicted molar refractivity (Wildman–Crippen MR) is 205 cm³/mol. The zero-order valence-corrected chi connectivity index (χ0v) is 29.9. The number of carbonyl (C=O) groups is 4. The number of carbonyl (C=O) groups excluding carboxylic acids is 4. The van der Waals surface area contributed by atoms with Crippen LogP contribution in [0.15, 0.2) is 126 Å². The van der Waals surface area contributed by atoms with Crippen LogP contribution in [0.3, 0.4) is 0 Å². The number of rotatable bonds is 13. The monoisotopic (exact) mass is 712 g/mol. The molecule has 1 saturated heterocycles. The molecule has 0 radical (unpaired) electrons. The number of furan rings is 1. The molecular weight excluding hydrogens is 668 g/mol. The lowest BCUT2D eigenvalue weighted by Gasteiger charge is -2.30. The van der Waals surface area contributed by atoms with Gasteiger partial charge in [0, 0.05) is 35.6 Å². The first-order valence-electron chi connectivity index (χ1n) is 18.0. The number of likely N-dealkylation sites (tertiary alicyclic amines) is 1. The van der Waals surface area contributed by atoms with Crippen molar-refractivity contribution in [3.05, 3.63) is 132 Å². The average Bonchev–Trinajstić information content (AvgIpc) is 3.89. The Morgan fingerprint density at radius 1 is 0.792 bits per heavy atom. The lowest BCUT2D eigenvalue weighted by atomic mass is 10.1. The molecule has 5 aromatic rings. The maximum absolute atomic E-state index is 13.2. The van der Waals surface area contributed by atoms with Crippen LogP contribution in [-0.2, 0) is 25.6 Å². The van der Waals surface area contributed by atoms with Crippen LogP contribution in [0.4, 0.5) is 11.4 Å². The number of aliphatic hydroxyl groups is 1. The number of hydrogen-bond acceptors (Lipinski definition) is 6. The Labute approximate surface area is 309 Å². The lowest BCUT2D eigenvalue weighted by Crippen LogP contribution is -2.47. The van der Waals surface area contributed by atoms with E-state index >= 15 is 0 Å². The highest BCUT2D eigenvalue weighted by Crippen LogP contribution is 2.30. The minimum Gasteiger partial charge on any atom is -0.456 e. The molecule has 4 amide bonds. The molecule has 3 unspecified atom stereocenters. The van der Waals surface area contributed by atoms with Crippen molar-refractivity contribution in [1.29, 1.82) is 0 Å². The van der Waals surface area contributed by atoms with E-state index in [2.05, 4.69) is 10.6 Å². The zero-order chi connectivity index (χ0) is 37.3. The molecular formula is C43H44N4O6. The van der Waals surface area contributed by atoms with Gasteiger partial charge >= 0.3 is 0 Å². The molecule has 0 bridgehead atoms. The second-order valence-corrected chi connectivity index (χ2v) is 13.2. The molecule has 1 fully saturated rings. The third-order valence-electron chi connectivity index (χ3n) is 9.50. The largest absolute Gasteiger partial charge is 0.456 e. The van der Waals surface area contributed by atoms with E-state index in [0.717, 1.165) is 23.1 Å². The second-order valence-electron chi connectivity index (χ2n) is 13.2. The van der Waals surface area contributed by atoms with E-state index in [1.54, 1.807) is 48.2 Å². The Morgan fingerprint density at radius 3 is 1.94 bits per heavy atom. The number of nitrogens with zero attached hydrogens (tertiary/aromatic N) is 2. The van der Waals surface area contributed by atoms with Gasteiger partial charge in [-0.2, -0.15) is 0 Å². The highest BCUT2D eigenvalue weighted by molar-refractivity contribution is 5.98. The molecule has 53 heavy (non-hydrogen) atoms. The van der Waals surface area contributed by atoms with Crippen molar-refractivity contribution in [1.82, 2.24) is 9.80 Å². The number of hydrogen-bond donors (Lipinski definition) is 3. The van der Waals surface area contributed by atoms with Crippen LogP contribution in [0.2, 0.25) is 0 Å². The van der Waals surface area contributed by atoms with Crippen LogP contribution in [-0.4, -0.2) is 63.7 Å². The fourth-order valence-electron chi connectivity index (χ4n) is 6.58. The topological polar surface area (TPSA) is 132 Å². The predicted octanol–water partition coefficient (Wildman–Crippen LogP) is 7.09. The van der Waals surface area contributed by atoms with Crippen molar-refractivity contribution >= 4 is 35.0 Å². The Morgan fingerprint density at radius 2 is 1.36 bits per heavy atom. The normalized spacial score (nSPS) is 15.0. The van der Waals surface area contributed by atoms with Gasteiger partial charge in [-0.25, -0.2) is 0 Å². The average molecular weight is 713 g/mol. The van der Waals surface area contributed by atoms with E-state index < -0.39 is 24.1 Å². The SMILES string of the molecule is CCCN(C(=O)C(O)c1ccccc1)C(C)C(=O)Nc1ccc(-c2ccc(-c3ccc(NC(=O)C4CCCN4C(=O)Cc4ccccc4)cc3)o2)cc1. The number of benzene rings is 4. The maximum atomic E-state index is 13.2. The summed E-state index contributed by atoms with van der Waals surface area (Å²) in [4.78, 5) is 55.7. The molecule has 1 aliphatic heterocycles. The lowest BCUT2D eigenvalue weighted by molar-refractivity contribution is -0.145. The van der Waals surface area contributed by atoms with Gasteiger partial charge in [-0.3, -0.25) is 19.2 Å². The standard InChI is InChI=1S/C43H44N4O6/c1-3-26-46(43(52)40(49)33-13-8-5-9-14-33)29(2)41(50)44-34-20-16-31(17-21-34)37-24-25-38(53-37)32-18-22-35(23-19-32)45-42(51)36-15-10-27-47(36)39(48)28-30-11-6-4-7-12-30/h4-9,11-14,16-25,29,36,40,49H,3,10,15,26-28H2,1-2H3,(H,44,50)(H,45,51). The molecule has 3 atom stereocenters. The van der Waals surface area contributed by atoms with Crippen LogP contribution in [0, 0.1) is 0 Å². The van der Waals surface area contributed by atoms with Crippen LogP contribution in [0.25, 0.3) is 22.6 Å². The van der Waals surface area contributed by atoms with Crippen LogP contribution in [0.5, 0.6) is 0 Å². The van der Waals surface area contributed by atoms with E-state index in [1.165, 1.54) is 4.90 Å². The number of aliphatic hydroxyl groups excluding tert-OH is 1. The van der Waals surface area contributed by atoms with E-state index in [4.69, 9.17) is 4.42 Å². The smallest absolute Gasteiger partial charge is 0.256 e. The molecule has 2 heterocycles. The quantitative estimate of drug-likeness (QED) is 0.120. The van der Waals surface area contributed by atoms with Crippen LogP contribution in [0.1, 0.15) is 50.3 Å². The van der Waals surface area contributed by atoms with Gasteiger partial charge in [0.15, 0.2) is 6.10 Å². The molecule has 6 rings (SSSR count). The first kappa shape index (κ1) is 36.8. The molecule has 1 aliphatic rings. The van der Waals surface area contributed by atoms with Gasteiger partial charge in [0.25, 0.3) is 5.91 Å². The highest BCUT2D eigenvalue weighted by Gasteiger charge is 2.34. The summed E-state index contributed by atoms with van der Waals surface area (Å²) in [6.07, 6.45) is 0.963. The fraction of sp³-hybridized carbons (Fsp3) is 0.256. The van der Waals surface area contributed by atoms with Crippen molar-refractivity contribution in [2.24, 2.45) is 0 Å². The second kappa shape index (κ2) is 17.0. The van der Waals surface area contributed by atoms with Gasteiger partial charge < -0.3 is 30.0 Å². The van der Waals surface area contributed by atoms with E-state index in [1.807, 2.05) is 91.9 Å². The minimum absolute atomic E-state index is 0.0464. The van der Waals surface area contributed by atoms with Gasteiger partial charge in [-0.15, -0.1) is 0 Å². The van der Waals surface area contributed by atoms with Gasteiger partial charge in [0.1, 0.15) is 23.6 Å². The first-order valence-corrected chi connectivity index (χ1v) is 18.0. The van der Waals surface area contributed by atoms with E-state index in [0.29, 0.717) is 54.4 Å². The number of nitrogens with one attached hydrogen (secondary N) is 2. The molecule has 10 nitrogen and oxygen atoms in total. The molecule has 0 spiro atoms. The Balaban J connectivity index is 1.03. The summed E-state index contributed by atoms with van der Waals surface area (Å²) < 4.78 is 6.16. The zero-order valence-electron chi connectivity index (χ0n) is 29.9. The molecule has 1 aromatic heterocycles. The summed E-state index contributed by atoms with van der Waals surface area (Å²) in [6, 6.07) is 35.3. The van der Waals surface area contributed by atoms with Crippen molar-refractivity contribution in [2.45, 2.75) is 57.7 Å². The van der Waals surface area contributed by atoms with E-state index in [9.17, 15) is 24.3 Å². The summed E-state index contributed by atoms with van der Waals surface area (Å²) in [5.41, 5.74) is 4.24. The molecule has 4 aromatic carbocycles. The maximum Gasteiger partial charge on any atom is 0.256 e. The summed E-state index contributed by atoms with van der Waals surface area (Å²) in [6.45, 7) is 4.46. The van der Waals surface area contributed by atoms with Crippen molar-refractivity contribution < 1.29 is 28.7 Å². The van der Waals surface area contributed by atoms with Gasteiger partial charge in [0.05, 0.1) is 6.42 Å². The van der Waals surface area contributed by atoms with Gasteiger partial charge in [-0.05, 0) is 98.0 Å². The molecule has 0 saturated carbocycles. The van der Waals surface area contributed by atoms with Crippen LogP contribution < -0.4 is 10.6 Å². The fourth-order valence-corrected chi connectivity index (χ4v) is 6.58. The number of amides is 4. The van der Waals surface area contributed by atoms with Gasteiger partial charge in [-0.1, -0.05) is 67.6 Å². The van der Waals surface area contributed by atoms with Crippen molar-refractivity contribution in [3.63, 3.8) is 0 Å². The summed E-state index contributed by atoms with van der Waals surface area (Å²) >= 11 is 0. The Kier molecular flexibility index (Phi) is 11.8. The molecule has 272 valence electrons. The third kappa shape index (κ3) is 8.91. The van der Waals surface area contributed by atoms with Crippen LogP contribution >= 0.6 is 0 Å². The molecule has 3 N–H and O–H groups in total. The van der Waals surface area contributed by atoms with Crippen molar-refractivity contribution in [3.8, 4) is 22.6 Å². The highest BCUT2D eigenvalue weighted by atomic mass is 16.3. The summed E-state index contributed by atoms with van der Waals surface area (Å²) in [5.74, 6) is 0.162. The summed E-state index contributed by atoms with van der Waals surface area (Å²) in [5, 5.41) is 16.6. The Hall–Kier alpha value is -6.00. The number of anilines is 2.